The third kappa shape index (κ3) is 1.93. The third-order valence-corrected chi connectivity index (χ3v) is 3.22. The summed E-state index contributed by atoms with van der Waals surface area (Å²) in [7, 11) is 7.74. The van der Waals surface area contributed by atoms with Crippen LogP contribution in [0.5, 0.6) is 17.2 Å². The molecule has 108 valence electrons. The zero-order valence-corrected chi connectivity index (χ0v) is 12.1. The van der Waals surface area contributed by atoms with Gasteiger partial charge in [-0.25, -0.2) is 4.79 Å². The maximum atomic E-state index is 11.8. The van der Waals surface area contributed by atoms with Crippen molar-refractivity contribution < 1.29 is 23.7 Å². The van der Waals surface area contributed by atoms with Gasteiger partial charge in [0.2, 0.25) is 5.75 Å². The van der Waals surface area contributed by atoms with Crippen molar-refractivity contribution in [3.05, 3.63) is 17.8 Å². The van der Waals surface area contributed by atoms with E-state index in [0.29, 0.717) is 22.9 Å². The molecular weight excluding hydrogens is 262 g/mol. The van der Waals surface area contributed by atoms with E-state index in [2.05, 4.69) is 0 Å². The van der Waals surface area contributed by atoms with Gasteiger partial charge in [0, 0.05) is 12.4 Å². The van der Waals surface area contributed by atoms with Gasteiger partial charge in [-0.1, -0.05) is 0 Å². The van der Waals surface area contributed by atoms with Crippen LogP contribution in [0.4, 0.5) is 0 Å². The summed E-state index contributed by atoms with van der Waals surface area (Å²) in [4.78, 5) is 11.8. The molecule has 0 saturated carbocycles. The smallest absolute Gasteiger partial charge is 0.354 e. The molecule has 0 radical (unpaired) electrons. The summed E-state index contributed by atoms with van der Waals surface area (Å²) in [6.45, 7) is 0. The summed E-state index contributed by atoms with van der Waals surface area (Å²) in [5, 5.41) is 0.808. The van der Waals surface area contributed by atoms with Gasteiger partial charge in [0.25, 0.3) is 0 Å². The number of hydrogen-bond acceptors (Lipinski definition) is 5. The van der Waals surface area contributed by atoms with E-state index in [4.69, 9.17) is 18.9 Å². The molecule has 1 heterocycles. The van der Waals surface area contributed by atoms with E-state index < -0.39 is 5.97 Å². The van der Waals surface area contributed by atoms with Crippen LogP contribution in [0.2, 0.25) is 0 Å². The maximum Gasteiger partial charge on any atom is 0.354 e. The molecule has 2 aromatic rings. The summed E-state index contributed by atoms with van der Waals surface area (Å²) >= 11 is 0. The first-order valence-electron chi connectivity index (χ1n) is 5.95. The highest BCUT2D eigenvalue weighted by molar-refractivity contribution is 5.99. The van der Waals surface area contributed by atoms with E-state index in [0.717, 1.165) is 10.9 Å². The first-order valence-corrected chi connectivity index (χ1v) is 5.95. The molecule has 0 aliphatic heterocycles. The van der Waals surface area contributed by atoms with Crippen molar-refractivity contribution >= 4 is 16.9 Å². The number of nitrogens with zero attached hydrogens (tertiary/aromatic N) is 1. The van der Waals surface area contributed by atoms with Crippen molar-refractivity contribution in [2.24, 2.45) is 7.05 Å². The van der Waals surface area contributed by atoms with E-state index in [1.165, 1.54) is 14.2 Å². The zero-order valence-electron chi connectivity index (χ0n) is 12.1. The second-order valence-electron chi connectivity index (χ2n) is 4.16. The van der Waals surface area contributed by atoms with Gasteiger partial charge in [-0.05, 0) is 12.1 Å². The van der Waals surface area contributed by atoms with Crippen LogP contribution in [0.25, 0.3) is 10.9 Å². The molecule has 1 aromatic carbocycles. The monoisotopic (exact) mass is 279 g/mol. The fourth-order valence-electron chi connectivity index (χ4n) is 2.28. The SMILES string of the molecule is COC(=O)c1cc2cc(OC)c(OC)c(OC)c2n1C. The van der Waals surface area contributed by atoms with Crippen molar-refractivity contribution in [2.75, 3.05) is 28.4 Å². The minimum atomic E-state index is -0.413. The van der Waals surface area contributed by atoms with Crippen LogP contribution < -0.4 is 14.2 Å². The quantitative estimate of drug-likeness (QED) is 0.801. The number of ether oxygens (including phenoxy) is 4. The van der Waals surface area contributed by atoms with Crippen LogP contribution in [0.1, 0.15) is 10.5 Å². The van der Waals surface area contributed by atoms with Crippen LogP contribution in [0.3, 0.4) is 0 Å². The normalized spacial score (nSPS) is 10.4. The summed E-state index contributed by atoms with van der Waals surface area (Å²) < 4.78 is 22.5. The van der Waals surface area contributed by atoms with Gasteiger partial charge in [-0.3, -0.25) is 0 Å². The number of aryl methyl sites for hydroxylation is 1. The highest BCUT2D eigenvalue weighted by Gasteiger charge is 2.22. The summed E-state index contributed by atoms with van der Waals surface area (Å²) in [5.41, 5.74) is 1.17. The number of hydrogen-bond donors (Lipinski definition) is 0. The number of aromatic nitrogens is 1. The lowest BCUT2D eigenvalue weighted by Gasteiger charge is -2.14. The Bertz CT molecular complexity index is 659. The highest BCUT2D eigenvalue weighted by Crippen LogP contribution is 2.44. The maximum absolute atomic E-state index is 11.8. The lowest BCUT2D eigenvalue weighted by molar-refractivity contribution is 0.0590. The van der Waals surface area contributed by atoms with Crippen molar-refractivity contribution in [2.45, 2.75) is 0 Å². The molecule has 0 aliphatic rings. The second kappa shape index (κ2) is 5.32. The van der Waals surface area contributed by atoms with Crippen molar-refractivity contribution in [1.82, 2.24) is 4.57 Å². The van der Waals surface area contributed by atoms with Gasteiger partial charge < -0.3 is 23.5 Å². The fourth-order valence-corrected chi connectivity index (χ4v) is 2.28. The minimum Gasteiger partial charge on any atom is -0.493 e. The van der Waals surface area contributed by atoms with E-state index in [1.54, 1.807) is 38.0 Å². The second-order valence-corrected chi connectivity index (χ2v) is 4.16. The van der Waals surface area contributed by atoms with E-state index in [1.807, 2.05) is 0 Å². The Morgan fingerprint density at radius 2 is 1.65 bits per heavy atom. The molecule has 0 N–H and O–H groups in total. The Labute approximate surface area is 116 Å². The lowest BCUT2D eigenvalue weighted by Crippen LogP contribution is -2.07. The van der Waals surface area contributed by atoms with Crippen molar-refractivity contribution in [1.29, 1.82) is 0 Å². The molecular formula is C14H17NO5. The third-order valence-electron chi connectivity index (χ3n) is 3.22. The first kappa shape index (κ1) is 14.0. The summed E-state index contributed by atoms with van der Waals surface area (Å²) in [5.74, 6) is 1.13. The standard InChI is InChI=1S/C14H17NO5/c1-15-9(14(16)20-5)6-8-7-10(17-2)12(18-3)13(19-4)11(8)15/h6-7H,1-5H3. The van der Waals surface area contributed by atoms with Crippen LogP contribution in [0, 0.1) is 0 Å². The topological polar surface area (TPSA) is 58.9 Å². The van der Waals surface area contributed by atoms with Gasteiger partial charge >= 0.3 is 5.97 Å². The molecule has 1 aromatic heterocycles. The molecule has 0 saturated heterocycles. The predicted octanol–water partition coefficient (Wildman–Crippen LogP) is 1.99. The van der Waals surface area contributed by atoms with E-state index in [-0.39, 0.29) is 0 Å². The number of esters is 1. The number of fused-ring (bicyclic) bond motifs is 1. The molecule has 6 heteroatoms. The fraction of sp³-hybridized carbons (Fsp3) is 0.357. The van der Waals surface area contributed by atoms with Gasteiger partial charge in [-0.15, -0.1) is 0 Å². The lowest BCUT2D eigenvalue weighted by atomic mass is 10.2. The molecule has 6 nitrogen and oxygen atoms in total. The van der Waals surface area contributed by atoms with Gasteiger partial charge in [-0.2, -0.15) is 0 Å². The number of carbonyl (C=O) groups excluding carboxylic acids is 1. The van der Waals surface area contributed by atoms with Crippen molar-refractivity contribution in [3.63, 3.8) is 0 Å². The Kier molecular flexibility index (Phi) is 3.74. The molecule has 0 fully saturated rings. The number of carbonyl (C=O) groups is 1. The van der Waals surface area contributed by atoms with Gasteiger partial charge in [0.1, 0.15) is 5.69 Å². The van der Waals surface area contributed by atoms with Crippen LogP contribution in [0.15, 0.2) is 12.1 Å². The molecule has 2 rings (SSSR count). The number of benzene rings is 1. The summed E-state index contributed by atoms with van der Waals surface area (Å²) in [6.07, 6.45) is 0. The molecule has 0 amide bonds. The largest absolute Gasteiger partial charge is 0.493 e. The molecule has 0 bridgehead atoms. The Morgan fingerprint density at radius 3 is 2.15 bits per heavy atom. The highest BCUT2D eigenvalue weighted by atomic mass is 16.5. The van der Waals surface area contributed by atoms with Crippen LogP contribution >= 0.6 is 0 Å². The molecule has 0 aliphatic carbocycles. The molecule has 20 heavy (non-hydrogen) atoms. The zero-order chi connectivity index (χ0) is 14.9. The summed E-state index contributed by atoms with van der Waals surface area (Å²) in [6, 6.07) is 3.52. The van der Waals surface area contributed by atoms with Crippen molar-refractivity contribution in [3.8, 4) is 17.2 Å². The van der Waals surface area contributed by atoms with Crippen LogP contribution in [-0.2, 0) is 11.8 Å². The Morgan fingerprint density at radius 1 is 1.00 bits per heavy atom. The molecule has 0 spiro atoms. The first-order chi connectivity index (χ1) is 9.58. The number of methoxy groups -OCH3 is 4. The average molecular weight is 279 g/mol. The average Bonchev–Trinajstić information content (AvgIpc) is 2.81. The van der Waals surface area contributed by atoms with Gasteiger partial charge in [0.15, 0.2) is 11.5 Å². The van der Waals surface area contributed by atoms with E-state index in [9.17, 15) is 4.79 Å². The molecule has 0 unspecified atom stereocenters. The minimum absolute atomic E-state index is 0.413. The number of rotatable bonds is 4. The van der Waals surface area contributed by atoms with Crippen LogP contribution in [-0.4, -0.2) is 39.0 Å². The van der Waals surface area contributed by atoms with E-state index >= 15 is 0 Å². The Balaban J connectivity index is 2.84. The molecule has 0 atom stereocenters. The van der Waals surface area contributed by atoms with Gasteiger partial charge in [0.05, 0.1) is 34.0 Å². The Hall–Kier alpha value is -2.37. The predicted molar refractivity (Wildman–Crippen MR) is 73.9 cm³/mol.